The number of aromatic nitrogens is 3. The van der Waals surface area contributed by atoms with Crippen LogP contribution < -0.4 is 10.4 Å². The lowest BCUT2D eigenvalue weighted by Gasteiger charge is -2.10. The number of benzene rings is 3. The van der Waals surface area contributed by atoms with Crippen LogP contribution in [0, 0.1) is 12.7 Å². The van der Waals surface area contributed by atoms with Crippen molar-refractivity contribution in [1.29, 1.82) is 0 Å². The van der Waals surface area contributed by atoms with E-state index in [0.717, 1.165) is 22.6 Å². The molecule has 0 N–H and O–H groups in total. The molecule has 0 aliphatic heterocycles. The van der Waals surface area contributed by atoms with Gasteiger partial charge in [0.25, 0.3) is 5.56 Å². The molecule has 3 aromatic carbocycles. The Kier molecular flexibility index (Phi) is 5.86. The molecule has 0 unspecified atom stereocenters. The number of hydrogen-bond acceptors (Lipinski definition) is 3. The van der Waals surface area contributed by atoms with Crippen LogP contribution in [-0.4, -0.2) is 13.9 Å². The monoisotopic (exact) mass is 470 g/mol. The molecule has 0 aliphatic rings. The van der Waals surface area contributed by atoms with Crippen LogP contribution in [0.3, 0.4) is 0 Å². The van der Waals surface area contributed by atoms with E-state index in [-0.39, 0.29) is 11.4 Å². The zero-order valence-electron chi connectivity index (χ0n) is 18.9. The first-order valence-electron chi connectivity index (χ1n) is 10.9. The van der Waals surface area contributed by atoms with Gasteiger partial charge >= 0.3 is 0 Å². The highest BCUT2D eigenvalue weighted by Gasteiger charge is 2.17. The Morgan fingerprint density at radius 1 is 0.912 bits per heavy atom. The van der Waals surface area contributed by atoms with Crippen molar-refractivity contribution in [1.82, 2.24) is 13.9 Å². The molecule has 34 heavy (non-hydrogen) atoms. The second-order valence-corrected chi connectivity index (χ2v) is 8.81. The number of halogens is 1. The molecule has 0 amide bonds. The van der Waals surface area contributed by atoms with Gasteiger partial charge in [-0.3, -0.25) is 9.48 Å². The van der Waals surface area contributed by atoms with Crippen molar-refractivity contribution < 1.29 is 4.39 Å². The first kappa shape index (κ1) is 21.9. The number of thiazole rings is 1. The number of hydrogen-bond donors (Lipinski definition) is 0. The standard InChI is InChI=1S/C27H23FN4OS/c1-19-25(26(33)32(30(19)2)21-13-7-4-8-14-21)29-27-31(17-20-11-5-3-6-12-20)24(18-34-27)22-15-9-10-16-23(22)28/h3-16,18H,17H2,1-2H3. The Balaban J connectivity index is 1.72. The van der Waals surface area contributed by atoms with Crippen LogP contribution in [0.15, 0.2) is 100 Å². The van der Waals surface area contributed by atoms with Gasteiger partial charge in [0.2, 0.25) is 0 Å². The molecular formula is C27H23FN4OS. The van der Waals surface area contributed by atoms with E-state index in [2.05, 4.69) is 0 Å². The highest BCUT2D eigenvalue weighted by Crippen LogP contribution is 2.25. The summed E-state index contributed by atoms with van der Waals surface area (Å²) < 4.78 is 20.1. The third-order valence-electron chi connectivity index (χ3n) is 5.86. The van der Waals surface area contributed by atoms with Crippen LogP contribution in [0.25, 0.3) is 16.9 Å². The van der Waals surface area contributed by atoms with E-state index >= 15 is 0 Å². The van der Waals surface area contributed by atoms with Crippen LogP contribution in [-0.2, 0) is 13.6 Å². The van der Waals surface area contributed by atoms with Gasteiger partial charge in [0.15, 0.2) is 10.5 Å². The Morgan fingerprint density at radius 3 is 2.26 bits per heavy atom. The lowest BCUT2D eigenvalue weighted by Crippen LogP contribution is -2.20. The molecule has 5 nitrogen and oxygen atoms in total. The third kappa shape index (κ3) is 3.95. The van der Waals surface area contributed by atoms with Crippen LogP contribution in [0.2, 0.25) is 0 Å². The first-order chi connectivity index (χ1) is 16.5. The molecule has 2 aromatic heterocycles. The van der Waals surface area contributed by atoms with Gasteiger partial charge in [0.1, 0.15) is 5.82 Å². The van der Waals surface area contributed by atoms with E-state index in [9.17, 15) is 9.18 Å². The second-order valence-electron chi connectivity index (χ2n) is 7.98. The minimum absolute atomic E-state index is 0.196. The molecule has 0 radical (unpaired) electrons. The van der Waals surface area contributed by atoms with Crippen LogP contribution in [0.5, 0.6) is 0 Å². The van der Waals surface area contributed by atoms with Gasteiger partial charge in [0.05, 0.1) is 23.6 Å². The number of rotatable bonds is 5. The third-order valence-corrected chi connectivity index (χ3v) is 6.73. The lowest BCUT2D eigenvalue weighted by molar-refractivity contribution is 0.628. The maximum atomic E-state index is 14.7. The number of nitrogens with zero attached hydrogens (tertiary/aromatic N) is 4. The smallest absolute Gasteiger partial charge is 0.297 e. The summed E-state index contributed by atoms with van der Waals surface area (Å²) in [5.41, 5.74) is 3.99. The van der Waals surface area contributed by atoms with Gasteiger partial charge in [-0.25, -0.2) is 14.1 Å². The van der Waals surface area contributed by atoms with Crippen molar-refractivity contribution in [2.45, 2.75) is 13.5 Å². The number of para-hydroxylation sites is 1. The summed E-state index contributed by atoms with van der Waals surface area (Å²) in [5, 5.41) is 1.90. The fraction of sp³-hybridized carbons (Fsp3) is 0.111. The van der Waals surface area contributed by atoms with Crippen LogP contribution >= 0.6 is 11.3 Å². The molecule has 170 valence electrons. The Morgan fingerprint density at radius 2 is 1.56 bits per heavy atom. The SMILES string of the molecule is Cc1c(N=c2scc(-c3ccccc3F)n2Cc2ccccc2)c(=O)n(-c2ccccc2)n1C. The van der Waals surface area contributed by atoms with Crippen LogP contribution in [0.1, 0.15) is 11.3 Å². The van der Waals surface area contributed by atoms with Crippen molar-refractivity contribution in [2.75, 3.05) is 0 Å². The average molecular weight is 471 g/mol. The normalized spacial score (nSPS) is 11.8. The zero-order valence-corrected chi connectivity index (χ0v) is 19.7. The minimum atomic E-state index is -0.295. The summed E-state index contributed by atoms with van der Waals surface area (Å²) >= 11 is 1.39. The predicted molar refractivity (Wildman–Crippen MR) is 134 cm³/mol. The molecule has 0 fully saturated rings. The first-order valence-corrected chi connectivity index (χ1v) is 11.8. The van der Waals surface area contributed by atoms with Crippen LogP contribution in [0.4, 0.5) is 10.1 Å². The fourth-order valence-electron chi connectivity index (χ4n) is 4.00. The molecule has 7 heteroatoms. The molecule has 2 heterocycles. The molecule has 0 bridgehead atoms. The zero-order chi connectivity index (χ0) is 23.7. The molecule has 0 saturated carbocycles. The highest BCUT2D eigenvalue weighted by molar-refractivity contribution is 7.07. The van der Waals surface area contributed by atoms with Gasteiger partial charge in [-0.1, -0.05) is 60.7 Å². The Hall–Kier alpha value is -3.97. The van der Waals surface area contributed by atoms with Crippen molar-refractivity contribution in [3.8, 4) is 16.9 Å². The summed E-state index contributed by atoms with van der Waals surface area (Å²) in [6.45, 7) is 2.39. The van der Waals surface area contributed by atoms with Crippen molar-refractivity contribution in [2.24, 2.45) is 12.0 Å². The summed E-state index contributed by atoms with van der Waals surface area (Å²) in [6, 6.07) is 26.2. The molecule has 0 aliphatic carbocycles. The molecular weight excluding hydrogens is 447 g/mol. The summed E-state index contributed by atoms with van der Waals surface area (Å²) in [5.74, 6) is -0.295. The quantitative estimate of drug-likeness (QED) is 0.338. The lowest BCUT2D eigenvalue weighted by atomic mass is 10.1. The van der Waals surface area contributed by atoms with E-state index in [0.29, 0.717) is 22.6 Å². The van der Waals surface area contributed by atoms with E-state index in [1.165, 1.54) is 17.4 Å². The van der Waals surface area contributed by atoms with E-state index in [1.54, 1.807) is 16.8 Å². The van der Waals surface area contributed by atoms with E-state index < -0.39 is 0 Å². The van der Waals surface area contributed by atoms with Gasteiger partial charge in [-0.05, 0) is 36.8 Å². The van der Waals surface area contributed by atoms with Crippen molar-refractivity contribution in [3.05, 3.63) is 123 Å². The van der Waals surface area contributed by atoms with Gasteiger partial charge in [0, 0.05) is 18.0 Å². The van der Waals surface area contributed by atoms with Gasteiger partial charge < -0.3 is 4.57 Å². The molecule has 0 spiro atoms. The van der Waals surface area contributed by atoms with Crippen molar-refractivity contribution in [3.63, 3.8) is 0 Å². The van der Waals surface area contributed by atoms with Gasteiger partial charge in [-0.2, -0.15) is 0 Å². The predicted octanol–water partition coefficient (Wildman–Crippen LogP) is 5.43. The summed E-state index contributed by atoms with van der Waals surface area (Å²) in [6.07, 6.45) is 0. The van der Waals surface area contributed by atoms with Gasteiger partial charge in [-0.15, -0.1) is 11.3 Å². The Labute approximate surface area is 200 Å². The highest BCUT2D eigenvalue weighted by atomic mass is 32.1. The summed E-state index contributed by atoms with van der Waals surface area (Å²) in [7, 11) is 1.85. The minimum Gasteiger partial charge on any atom is -0.312 e. The van der Waals surface area contributed by atoms with E-state index in [4.69, 9.17) is 4.99 Å². The maximum Gasteiger partial charge on any atom is 0.297 e. The maximum absolute atomic E-state index is 14.7. The Bertz CT molecular complexity index is 1580. The molecule has 5 rings (SSSR count). The second kappa shape index (κ2) is 9.11. The molecule has 0 atom stereocenters. The molecule has 5 aromatic rings. The largest absolute Gasteiger partial charge is 0.312 e. The fourth-order valence-corrected chi connectivity index (χ4v) is 4.91. The average Bonchev–Trinajstić information content (AvgIpc) is 3.34. The van der Waals surface area contributed by atoms with Crippen molar-refractivity contribution >= 4 is 17.0 Å². The summed E-state index contributed by atoms with van der Waals surface area (Å²) in [4.78, 5) is 18.9. The molecule has 0 saturated heterocycles. The van der Waals surface area contributed by atoms with E-state index in [1.807, 2.05) is 95.3 Å². The topological polar surface area (TPSA) is 44.2 Å².